The number of aromatic nitrogens is 1. The molecule has 0 aliphatic rings. The molecule has 0 atom stereocenters. The lowest BCUT2D eigenvalue weighted by Crippen LogP contribution is -1.98. The molecule has 17 heavy (non-hydrogen) atoms. The van der Waals surface area contributed by atoms with Gasteiger partial charge in [-0.3, -0.25) is 0 Å². The standard InChI is InChI=1S/C13H12N2O2/c1-3-9-8(6-14)4-5-10-11(9)7(2)12(15-10)13(16)17/h4-5,15H,3H2,1-2H3,(H,16,17). The number of fused-ring (bicyclic) bond motifs is 1. The number of hydrogen-bond donors (Lipinski definition) is 2. The van der Waals surface area contributed by atoms with Gasteiger partial charge < -0.3 is 10.1 Å². The van der Waals surface area contributed by atoms with Gasteiger partial charge >= 0.3 is 5.97 Å². The summed E-state index contributed by atoms with van der Waals surface area (Å²) in [5.74, 6) is -0.973. The molecule has 4 heteroatoms. The van der Waals surface area contributed by atoms with Crippen molar-refractivity contribution in [2.75, 3.05) is 0 Å². The molecule has 1 heterocycles. The lowest BCUT2D eigenvalue weighted by atomic mass is 9.98. The summed E-state index contributed by atoms with van der Waals surface area (Å²) in [6.07, 6.45) is 0.706. The molecule has 0 saturated carbocycles. The Morgan fingerprint density at radius 3 is 2.76 bits per heavy atom. The summed E-state index contributed by atoms with van der Waals surface area (Å²) in [5.41, 5.74) is 3.19. The fraction of sp³-hybridized carbons (Fsp3) is 0.231. The summed E-state index contributed by atoms with van der Waals surface area (Å²) < 4.78 is 0. The molecule has 0 spiro atoms. The van der Waals surface area contributed by atoms with Gasteiger partial charge in [0.05, 0.1) is 11.6 Å². The Hall–Kier alpha value is -2.28. The molecule has 2 aromatic rings. The highest BCUT2D eigenvalue weighted by molar-refractivity contribution is 5.99. The maximum Gasteiger partial charge on any atom is 0.352 e. The van der Waals surface area contributed by atoms with Crippen LogP contribution in [0.2, 0.25) is 0 Å². The Bertz CT molecular complexity index is 647. The molecule has 0 fully saturated rings. The lowest BCUT2D eigenvalue weighted by molar-refractivity contribution is 0.0691. The number of benzene rings is 1. The number of aromatic amines is 1. The average molecular weight is 228 g/mol. The number of nitriles is 1. The quantitative estimate of drug-likeness (QED) is 0.829. The molecule has 0 radical (unpaired) electrons. The number of aryl methyl sites for hydroxylation is 2. The van der Waals surface area contributed by atoms with Crippen molar-refractivity contribution in [3.8, 4) is 6.07 Å². The summed E-state index contributed by atoms with van der Waals surface area (Å²) in [5, 5.41) is 19.0. The van der Waals surface area contributed by atoms with E-state index in [1.165, 1.54) is 0 Å². The van der Waals surface area contributed by atoms with E-state index >= 15 is 0 Å². The van der Waals surface area contributed by atoms with E-state index in [0.717, 1.165) is 16.5 Å². The van der Waals surface area contributed by atoms with E-state index < -0.39 is 5.97 Å². The van der Waals surface area contributed by atoms with Crippen molar-refractivity contribution in [2.45, 2.75) is 20.3 Å². The van der Waals surface area contributed by atoms with Crippen LogP contribution in [0.3, 0.4) is 0 Å². The molecular formula is C13H12N2O2. The van der Waals surface area contributed by atoms with Crippen molar-refractivity contribution in [3.05, 3.63) is 34.5 Å². The second kappa shape index (κ2) is 3.95. The van der Waals surface area contributed by atoms with Crippen molar-refractivity contribution in [2.24, 2.45) is 0 Å². The third-order valence-electron chi connectivity index (χ3n) is 3.01. The fourth-order valence-electron chi connectivity index (χ4n) is 2.22. The zero-order chi connectivity index (χ0) is 12.6. The van der Waals surface area contributed by atoms with Gasteiger partial charge in [0.25, 0.3) is 0 Å². The number of carbonyl (C=O) groups is 1. The highest BCUT2D eigenvalue weighted by Gasteiger charge is 2.17. The molecule has 0 aliphatic carbocycles. The Morgan fingerprint density at radius 2 is 2.24 bits per heavy atom. The first-order valence-electron chi connectivity index (χ1n) is 5.37. The van der Waals surface area contributed by atoms with Crippen molar-refractivity contribution in [1.29, 1.82) is 5.26 Å². The van der Waals surface area contributed by atoms with Crippen LogP contribution in [0.5, 0.6) is 0 Å². The van der Waals surface area contributed by atoms with E-state index in [2.05, 4.69) is 11.1 Å². The summed E-state index contributed by atoms with van der Waals surface area (Å²) in [6, 6.07) is 5.62. The molecule has 2 rings (SSSR count). The molecule has 86 valence electrons. The monoisotopic (exact) mass is 228 g/mol. The van der Waals surface area contributed by atoms with Gasteiger partial charge in [-0.05, 0) is 36.6 Å². The highest BCUT2D eigenvalue weighted by atomic mass is 16.4. The molecule has 1 aromatic heterocycles. The van der Waals surface area contributed by atoms with Crippen molar-refractivity contribution < 1.29 is 9.90 Å². The van der Waals surface area contributed by atoms with Crippen LogP contribution < -0.4 is 0 Å². The predicted octanol–water partition coefficient (Wildman–Crippen LogP) is 2.61. The van der Waals surface area contributed by atoms with E-state index in [1.54, 1.807) is 19.1 Å². The van der Waals surface area contributed by atoms with Crippen molar-refractivity contribution in [1.82, 2.24) is 4.98 Å². The summed E-state index contributed by atoms with van der Waals surface area (Å²) >= 11 is 0. The van der Waals surface area contributed by atoms with Crippen LogP contribution in [-0.4, -0.2) is 16.1 Å². The number of nitrogens with zero attached hydrogens (tertiary/aromatic N) is 1. The van der Waals surface area contributed by atoms with E-state index in [0.29, 0.717) is 17.5 Å². The average Bonchev–Trinajstić information content (AvgIpc) is 2.66. The number of aromatic carboxylic acids is 1. The first-order chi connectivity index (χ1) is 8.10. The molecule has 1 aromatic carbocycles. The fourth-order valence-corrected chi connectivity index (χ4v) is 2.22. The van der Waals surface area contributed by atoms with Crippen molar-refractivity contribution >= 4 is 16.9 Å². The van der Waals surface area contributed by atoms with Gasteiger partial charge in [-0.25, -0.2) is 4.79 Å². The Morgan fingerprint density at radius 1 is 1.53 bits per heavy atom. The second-order valence-corrected chi connectivity index (χ2v) is 3.91. The van der Waals surface area contributed by atoms with Gasteiger partial charge in [-0.2, -0.15) is 5.26 Å². The zero-order valence-corrected chi connectivity index (χ0v) is 9.66. The number of carboxylic acid groups (broad SMARTS) is 1. The topological polar surface area (TPSA) is 76.9 Å². The number of hydrogen-bond acceptors (Lipinski definition) is 2. The summed E-state index contributed by atoms with van der Waals surface area (Å²) in [4.78, 5) is 13.9. The molecule has 4 nitrogen and oxygen atoms in total. The number of rotatable bonds is 2. The van der Waals surface area contributed by atoms with Crippen molar-refractivity contribution in [3.63, 3.8) is 0 Å². The molecule has 0 amide bonds. The maximum absolute atomic E-state index is 11.0. The number of H-pyrrole nitrogens is 1. The van der Waals surface area contributed by atoms with Gasteiger partial charge in [-0.15, -0.1) is 0 Å². The SMILES string of the molecule is CCc1c(C#N)ccc2[nH]c(C(=O)O)c(C)c12. The van der Waals surface area contributed by atoms with Crippen LogP contribution in [0.1, 0.15) is 34.1 Å². The predicted molar refractivity (Wildman–Crippen MR) is 64.1 cm³/mol. The normalized spacial score (nSPS) is 10.4. The molecule has 2 N–H and O–H groups in total. The van der Waals surface area contributed by atoms with E-state index in [-0.39, 0.29) is 5.69 Å². The smallest absolute Gasteiger partial charge is 0.352 e. The minimum absolute atomic E-state index is 0.199. The third kappa shape index (κ3) is 1.56. The minimum atomic E-state index is -0.973. The maximum atomic E-state index is 11.0. The molecule has 0 bridgehead atoms. The molecular weight excluding hydrogens is 216 g/mol. The van der Waals surface area contributed by atoms with Crippen LogP contribution in [0.25, 0.3) is 10.9 Å². The van der Waals surface area contributed by atoms with Gasteiger partial charge in [0.1, 0.15) is 5.69 Å². The summed E-state index contributed by atoms with van der Waals surface area (Å²) in [6.45, 7) is 3.73. The van der Waals surface area contributed by atoms with Crippen LogP contribution >= 0.6 is 0 Å². The largest absolute Gasteiger partial charge is 0.477 e. The van der Waals surface area contributed by atoms with Crippen LogP contribution in [0, 0.1) is 18.3 Å². The molecule has 0 aliphatic heterocycles. The number of nitrogens with one attached hydrogen (secondary N) is 1. The van der Waals surface area contributed by atoms with E-state index in [4.69, 9.17) is 10.4 Å². The van der Waals surface area contributed by atoms with Crippen LogP contribution in [0.4, 0.5) is 0 Å². The second-order valence-electron chi connectivity index (χ2n) is 3.91. The van der Waals surface area contributed by atoms with Gasteiger partial charge in [0.15, 0.2) is 0 Å². The van der Waals surface area contributed by atoms with Gasteiger partial charge in [0, 0.05) is 10.9 Å². The van der Waals surface area contributed by atoms with Crippen LogP contribution in [0.15, 0.2) is 12.1 Å². The Kier molecular flexibility index (Phi) is 2.60. The van der Waals surface area contributed by atoms with E-state index in [1.807, 2.05) is 6.92 Å². The minimum Gasteiger partial charge on any atom is -0.477 e. The number of carboxylic acids is 1. The summed E-state index contributed by atoms with van der Waals surface area (Å²) in [7, 11) is 0. The Labute approximate surface area is 98.5 Å². The first-order valence-corrected chi connectivity index (χ1v) is 5.37. The van der Waals surface area contributed by atoms with Gasteiger partial charge in [-0.1, -0.05) is 6.92 Å². The Balaban J connectivity index is 2.90. The zero-order valence-electron chi connectivity index (χ0n) is 9.66. The van der Waals surface area contributed by atoms with E-state index in [9.17, 15) is 4.79 Å². The third-order valence-corrected chi connectivity index (χ3v) is 3.01. The molecule has 0 unspecified atom stereocenters. The van der Waals surface area contributed by atoms with Crippen LogP contribution in [-0.2, 0) is 6.42 Å². The first kappa shape index (κ1) is 11.2. The lowest BCUT2D eigenvalue weighted by Gasteiger charge is -2.03. The van der Waals surface area contributed by atoms with Gasteiger partial charge in [0.2, 0.25) is 0 Å². The molecule has 0 saturated heterocycles. The highest BCUT2D eigenvalue weighted by Crippen LogP contribution is 2.28.